The van der Waals surface area contributed by atoms with Gasteiger partial charge in [0.05, 0.1) is 36.7 Å². The number of anilines is 1. The van der Waals surface area contributed by atoms with Crippen LogP contribution in [0.1, 0.15) is 17.5 Å². The molecular weight excluding hydrogens is 404 g/mol. The molecular formula is C20H20F4N4O2. The highest BCUT2D eigenvalue weighted by Gasteiger charge is 2.33. The number of piperidine rings is 1. The molecule has 2 heterocycles. The Labute approximate surface area is 170 Å². The van der Waals surface area contributed by atoms with Gasteiger partial charge in [-0.2, -0.15) is 13.2 Å². The monoisotopic (exact) mass is 424 g/mol. The molecule has 0 aliphatic carbocycles. The van der Waals surface area contributed by atoms with E-state index in [2.05, 4.69) is 21.9 Å². The van der Waals surface area contributed by atoms with Crippen molar-refractivity contribution in [3.63, 3.8) is 0 Å². The molecule has 0 spiro atoms. The van der Waals surface area contributed by atoms with Crippen molar-refractivity contribution in [3.05, 3.63) is 66.3 Å². The molecule has 1 aliphatic rings. The van der Waals surface area contributed by atoms with Gasteiger partial charge in [-0.1, -0.05) is 18.7 Å². The van der Waals surface area contributed by atoms with Gasteiger partial charge in [0, 0.05) is 13.1 Å². The number of hydrogen-bond donors (Lipinski definition) is 1. The van der Waals surface area contributed by atoms with Gasteiger partial charge in [0.2, 0.25) is 11.9 Å². The fourth-order valence-electron chi connectivity index (χ4n) is 3.13. The minimum absolute atomic E-state index is 0.0569. The minimum Gasteiger partial charge on any atom is -0.370 e. The van der Waals surface area contributed by atoms with E-state index in [0.29, 0.717) is 18.5 Å². The molecule has 30 heavy (non-hydrogen) atoms. The van der Waals surface area contributed by atoms with Gasteiger partial charge in [0.1, 0.15) is 0 Å². The molecule has 2 atom stereocenters. The standard InChI is InChI=1S/C20H20F4N4O2/c1-2-18(29)28-8-7-16(27-19-25-9-15(21)10-26-19)17(11-28)30-12-13-3-5-14(6-4-13)20(22,23)24/h2-6,9-10,16-17H,1,7-8,11-12H2,(H,25,26,27)/t16-,17-/m0/s1. The van der Waals surface area contributed by atoms with Crippen molar-refractivity contribution < 1.29 is 27.1 Å². The van der Waals surface area contributed by atoms with Crippen LogP contribution in [0.5, 0.6) is 0 Å². The molecule has 0 saturated carbocycles. The number of amides is 1. The molecule has 0 radical (unpaired) electrons. The van der Waals surface area contributed by atoms with Crippen molar-refractivity contribution in [2.24, 2.45) is 0 Å². The van der Waals surface area contributed by atoms with Crippen LogP contribution < -0.4 is 5.32 Å². The van der Waals surface area contributed by atoms with E-state index in [1.807, 2.05) is 0 Å². The van der Waals surface area contributed by atoms with Crippen LogP contribution in [0.25, 0.3) is 0 Å². The first-order valence-electron chi connectivity index (χ1n) is 9.19. The van der Waals surface area contributed by atoms with Gasteiger partial charge in [-0.25, -0.2) is 14.4 Å². The lowest BCUT2D eigenvalue weighted by molar-refractivity contribution is -0.137. The first kappa shape index (κ1) is 21.7. The van der Waals surface area contributed by atoms with Gasteiger partial charge >= 0.3 is 6.18 Å². The third-order valence-electron chi connectivity index (χ3n) is 4.73. The Kier molecular flexibility index (Phi) is 6.66. The Bertz CT molecular complexity index is 872. The van der Waals surface area contributed by atoms with E-state index in [1.165, 1.54) is 18.2 Å². The summed E-state index contributed by atoms with van der Waals surface area (Å²) in [6, 6.07) is 4.41. The van der Waals surface area contributed by atoms with Gasteiger partial charge in [-0.15, -0.1) is 0 Å². The van der Waals surface area contributed by atoms with Gasteiger partial charge in [-0.3, -0.25) is 4.79 Å². The summed E-state index contributed by atoms with van der Waals surface area (Å²) >= 11 is 0. The second kappa shape index (κ2) is 9.21. The molecule has 1 amide bonds. The number of rotatable bonds is 6. The molecule has 6 nitrogen and oxygen atoms in total. The molecule has 3 rings (SSSR count). The summed E-state index contributed by atoms with van der Waals surface area (Å²) in [5.41, 5.74) is -0.174. The van der Waals surface area contributed by atoms with Crippen LogP contribution >= 0.6 is 0 Å². The number of likely N-dealkylation sites (tertiary alicyclic amines) is 1. The van der Waals surface area contributed by atoms with E-state index in [1.54, 1.807) is 4.90 Å². The first-order valence-corrected chi connectivity index (χ1v) is 9.19. The van der Waals surface area contributed by atoms with E-state index >= 15 is 0 Å². The summed E-state index contributed by atoms with van der Waals surface area (Å²) in [6.07, 6.45) is -1.10. The SMILES string of the molecule is C=CC(=O)N1CC[C@H](Nc2ncc(F)cn2)[C@@H](OCc2ccc(C(F)(F)F)cc2)C1. The first-order chi connectivity index (χ1) is 14.3. The van der Waals surface area contributed by atoms with E-state index < -0.39 is 23.7 Å². The number of hydrogen-bond acceptors (Lipinski definition) is 5. The highest BCUT2D eigenvalue weighted by atomic mass is 19.4. The number of nitrogens with one attached hydrogen (secondary N) is 1. The maximum atomic E-state index is 13.0. The highest BCUT2D eigenvalue weighted by molar-refractivity contribution is 5.87. The van der Waals surface area contributed by atoms with E-state index in [-0.39, 0.29) is 31.0 Å². The lowest BCUT2D eigenvalue weighted by Crippen LogP contribution is -2.52. The number of benzene rings is 1. The Morgan fingerprint density at radius 2 is 1.93 bits per heavy atom. The zero-order valence-corrected chi connectivity index (χ0v) is 15.9. The number of nitrogens with zero attached hydrogens (tertiary/aromatic N) is 3. The summed E-state index contributed by atoms with van der Waals surface area (Å²) in [5, 5.41) is 3.07. The number of aromatic nitrogens is 2. The largest absolute Gasteiger partial charge is 0.416 e. The normalized spacial score (nSPS) is 19.4. The van der Waals surface area contributed by atoms with Crippen molar-refractivity contribution in [2.75, 3.05) is 18.4 Å². The van der Waals surface area contributed by atoms with Crippen LogP contribution in [0.4, 0.5) is 23.5 Å². The molecule has 1 aromatic carbocycles. The highest BCUT2D eigenvalue weighted by Crippen LogP contribution is 2.29. The Balaban J connectivity index is 1.69. The quantitative estimate of drug-likeness (QED) is 0.569. The van der Waals surface area contributed by atoms with Crippen LogP contribution in [0.15, 0.2) is 49.3 Å². The number of alkyl halides is 3. The second-order valence-corrected chi connectivity index (χ2v) is 6.80. The number of carbonyl (C=O) groups is 1. The summed E-state index contributed by atoms with van der Waals surface area (Å²) in [7, 11) is 0. The van der Waals surface area contributed by atoms with Crippen LogP contribution in [0.3, 0.4) is 0 Å². The average Bonchev–Trinajstić information content (AvgIpc) is 2.73. The molecule has 0 bridgehead atoms. The third kappa shape index (κ3) is 5.53. The lowest BCUT2D eigenvalue weighted by Gasteiger charge is -2.38. The van der Waals surface area contributed by atoms with E-state index in [4.69, 9.17) is 4.74 Å². The van der Waals surface area contributed by atoms with Crippen LogP contribution in [0.2, 0.25) is 0 Å². The van der Waals surface area contributed by atoms with Gasteiger partial charge < -0.3 is 15.0 Å². The van der Waals surface area contributed by atoms with Crippen molar-refractivity contribution >= 4 is 11.9 Å². The zero-order valence-electron chi connectivity index (χ0n) is 15.9. The molecule has 1 fully saturated rings. The predicted octanol–water partition coefficient (Wildman–Crippen LogP) is 3.42. The van der Waals surface area contributed by atoms with Crippen molar-refractivity contribution in [2.45, 2.75) is 31.3 Å². The van der Waals surface area contributed by atoms with Gasteiger partial charge in [-0.05, 0) is 30.2 Å². The van der Waals surface area contributed by atoms with Crippen molar-refractivity contribution in [1.29, 1.82) is 0 Å². The smallest absolute Gasteiger partial charge is 0.370 e. The summed E-state index contributed by atoms with van der Waals surface area (Å²) in [4.78, 5) is 21.3. The number of carbonyl (C=O) groups excluding carboxylic acids is 1. The van der Waals surface area contributed by atoms with Crippen LogP contribution in [-0.2, 0) is 22.3 Å². The molecule has 1 aliphatic heterocycles. The van der Waals surface area contributed by atoms with E-state index in [0.717, 1.165) is 24.5 Å². The summed E-state index contributed by atoms with van der Waals surface area (Å²) in [6.45, 7) is 4.24. The van der Waals surface area contributed by atoms with Crippen LogP contribution in [-0.4, -0.2) is 46.0 Å². The maximum Gasteiger partial charge on any atom is 0.416 e. The fraction of sp³-hybridized carbons (Fsp3) is 0.350. The Morgan fingerprint density at radius 1 is 1.27 bits per heavy atom. The minimum atomic E-state index is -4.40. The molecule has 1 aromatic heterocycles. The number of ether oxygens (including phenoxy) is 1. The Hall–Kier alpha value is -3.01. The van der Waals surface area contributed by atoms with Gasteiger partial charge in [0.15, 0.2) is 5.82 Å². The molecule has 160 valence electrons. The summed E-state index contributed by atoms with van der Waals surface area (Å²) in [5.74, 6) is -0.593. The van der Waals surface area contributed by atoms with Crippen LogP contribution in [0, 0.1) is 5.82 Å². The average molecular weight is 424 g/mol. The molecule has 2 aromatic rings. The number of halogens is 4. The van der Waals surface area contributed by atoms with E-state index in [9.17, 15) is 22.4 Å². The van der Waals surface area contributed by atoms with Crippen molar-refractivity contribution in [1.82, 2.24) is 14.9 Å². The maximum absolute atomic E-state index is 13.0. The topological polar surface area (TPSA) is 67.4 Å². The molecule has 1 N–H and O–H groups in total. The fourth-order valence-corrected chi connectivity index (χ4v) is 3.13. The van der Waals surface area contributed by atoms with Gasteiger partial charge in [0.25, 0.3) is 0 Å². The zero-order chi connectivity index (χ0) is 21.7. The lowest BCUT2D eigenvalue weighted by atomic mass is 10.0. The molecule has 1 saturated heterocycles. The predicted molar refractivity (Wildman–Crippen MR) is 101 cm³/mol. The third-order valence-corrected chi connectivity index (χ3v) is 4.73. The second-order valence-electron chi connectivity index (χ2n) is 6.80. The Morgan fingerprint density at radius 3 is 2.53 bits per heavy atom. The summed E-state index contributed by atoms with van der Waals surface area (Å²) < 4.78 is 57.1. The molecule has 0 unspecified atom stereocenters. The molecule has 10 heteroatoms. The van der Waals surface area contributed by atoms with Crippen molar-refractivity contribution in [3.8, 4) is 0 Å².